The number of benzene rings is 2. The van der Waals surface area contributed by atoms with Gasteiger partial charge in [0.2, 0.25) is 5.76 Å². The Balaban J connectivity index is 1.62. The number of carbonyl (C=O) groups is 3. The molecule has 32 heavy (non-hydrogen) atoms. The fourth-order valence-electron chi connectivity index (χ4n) is 3.24. The van der Waals surface area contributed by atoms with Gasteiger partial charge in [0.15, 0.2) is 0 Å². The van der Waals surface area contributed by atoms with Gasteiger partial charge in [-0.15, -0.1) is 0 Å². The van der Waals surface area contributed by atoms with Crippen LogP contribution in [0.25, 0.3) is 10.9 Å². The molecule has 0 saturated carbocycles. The average molecular weight is 429 g/mol. The Morgan fingerprint density at radius 2 is 1.88 bits per heavy atom. The van der Waals surface area contributed by atoms with Crippen molar-refractivity contribution >= 4 is 40.1 Å². The van der Waals surface area contributed by atoms with Crippen LogP contribution < -0.4 is 10.6 Å². The highest BCUT2D eigenvalue weighted by Gasteiger charge is 2.18. The number of nitrogens with zero attached hydrogens (tertiary/aromatic N) is 3. The van der Waals surface area contributed by atoms with Gasteiger partial charge in [-0.2, -0.15) is 5.26 Å². The fourth-order valence-corrected chi connectivity index (χ4v) is 3.24. The summed E-state index contributed by atoms with van der Waals surface area (Å²) in [5.41, 5.74) is 1.50. The number of aryl methyl sites for hydroxylation is 1. The number of aromatic nitrogens is 2. The van der Waals surface area contributed by atoms with Crippen molar-refractivity contribution in [1.29, 1.82) is 5.26 Å². The van der Waals surface area contributed by atoms with Gasteiger partial charge < -0.3 is 24.8 Å². The molecular weight excluding hydrogens is 414 g/mol. The molecule has 2 aromatic heterocycles. The number of hydrogen-bond acceptors (Lipinski definition) is 6. The second-order valence-electron chi connectivity index (χ2n) is 6.82. The van der Waals surface area contributed by atoms with Crippen molar-refractivity contribution in [3.05, 3.63) is 77.3 Å². The van der Waals surface area contributed by atoms with Crippen LogP contribution in [0.1, 0.15) is 37.0 Å². The van der Waals surface area contributed by atoms with Crippen LogP contribution in [0.5, 0.6) is 0 Å². The van der Waals surface area contributed by atoms with Crippen LogP contribution in [0.3, 0.4) is 0 Å². The lowest BCUT2D eigenvalue weighted by Gasteiger charge is -2.10. The molecule has 158 valence electrons. The van der Waals surface area contributed by atoms with Gasteiger partial charge >= 0.3 is 5.97 Å². The third-order valence-corrected chi connectivity index (χ3v) is 4.82. The Morgan fingerprint density at radius 3 is 2.56 bits per heavy atom. The van der Waals surface area contributed by atoms with Gasteiger partial charge in [-0.1, -0.05) is 11.2 Å². The highest BCUT2D eigenvalue weighted by Crippen LogP contribution is 2.25. The van der Waals surface area contributed by atoms with Crippen LogP contribution in [-0.2, 0) is 7.05 Å². The SMILES string of the molecule is Cn1c(C(=O)Nc2ccc(C#N)cc2C(=O)O)cc2ccc(NC(=O)c3ccno3)cc21. The Kier molecular flexibility index (Phi) is 5.14. The predicted molar refractivity (Wildman–Crippen MR) is 113 cm³/mol. The highest BCUT2D eigenvalue weighted by molar-refractivity contribution is 6.10. The van der Waals surface area contributed by atoms with Crippen molar-refractivity contribution in [2.45, 2.75) is 0 Å². The van der Waals surface area contributed by atoms with Crippen LogP contribution in [0.15, 0.2) is 59.3 Å². The maximum Gasteiger partial charge on any atom is 0.337 e. The van der Waals surface area contributed by atoms with Crippen LogP contribution >= 0.6 is 0 Å². The van der Waals surface area contributed by atoms with E-state index in [9.17, 15) is 19.5 Å². The van der Waals surface area contributed by atoms with Crippen molar-refractivity contribution in [2.75, 3.05) is 10.6 Å². The van der Waals surface area contributed by atoms with Crippen molar-refractivity contribution < 1.29 is 24.0 Å². The maximum absolute atomic E-state index is 12.9. The first-order chi connectivity index (χ1) is 15.4. The molecule has 0 unspecified atom stereocenters. The Morgan fingerprint density at radius 1 is 1.06 bits per heavy atom. The van der Waals surface area contributed by atoms with Crippen molar-refractivity contribution in [1.82, 2.24) is 9.72 Å². The van der Waals surface area contributed by atoms with E-state index in [2.05, 4.69) is 15.8 Å². The average Bonchev–Trinajstić information content (AvgIpc) is 3.43. The third-order valence-electron chi connectivity index (χ3n) is 4.82. The first-order valence-corrected chi connectivity index (χ1v) is 9.27. The molecule has 0 radical (unpaired) electrons. The number of aromatic carboxylic acids is 1. The zero-order valence-electron chi connectivity index (χ0n) is 16.6. The first kappa shape index (κ1) is 20.4. The standard InChI is InChI=1S/C22H15N5O5/c1-27-17-10-14(25-21(29)19-6-7-24-32-19)4-3-13(17)9-18(27)20(28)26-16-5-2-12(11-23)8-15(16)22(30)31/h2-10H,1H3,(H,25,29)(H,26,28)(H,30,31). The molecule has 2 heterocycles. The summed E-state index contributed by atoms with van der Waals surface area (Å²) >= 11 is 0. The van der Waals surface area contributed by atoms with Crippen molar-refractivity contribution in [3.8, 4) is 6.07 Å². The van der Waals surface area contributed by atoms with Crippen LogP contribution in [0.4, 0.5) is 11.4 Å². The molecule has 0 aliphatic carbocycles. The van der Waals surface area contributed by atoms with Gasteiger partial charge in [-0.05, 0) is 36.4 Å². The van der Waals surface area contributed by atoms with E-state index in [4.69, 9.17) is 9.78 Å². The molecule has 3 N–H and O–H groups in total. The smallest absolute Gasteiger partial charge is 0.337 e. The van der Waals surface area contributed by atoms with E-state index in [1.54, 1.807) is 35.9 Å². The molecule has 0 aliphatic rings. The molecule has 0 saturated heterocycles. The summed E-state index contributed by atoms with van der Waals surface area (Å²) in [5, 5.41) is 27.9. The quantitative estimate of drug-likeness (QED) is 0.441. The summed E-state index contributed by atoms with van der Waals surface area (Å²) in [6, 6.07) is 14.1. The minimum atomic E-state index is -1.26. The second-order valence-corrected chi connectivity index (χ2v) is 6.82. The maximum atomic E-state index is 12.9. The summed E-state index contributed by atoms with van der Waals surface area (Å²) < 4.78 is 6.46. The number of rotatable bonds is 5. The lowest BCUT2D eigenvalue weighted by atomic mass is 10.1. The largest absolute Gasteiger partial charge is 0.478 e. The molecule has 0 spiro atoms. The minimum absolute atomic E-state index is 0.0636. The number of anilines is 2. The molecule has 4 rings (SSSR count). The van der Waals surface area contributed by atoms with E-state index in [-0.39, 0.29) is 28.3 Å². The summed E-state index contributed by atoms with van der Waals surface area (Å²) in [4.78, 5) is 36.6. The zero-order valence-corrected chi connectivity index (χ0v) is 16.6. The van der Waals surface area contributed by atoms with E-state index < -0.39 is 17.8 Å². The third kappa shape index (κ3) is 3.78. The Bertz CT molecular complexity index is 1410. The van der Waals surface area contributed by atoms with Crippen molar-refractivity contribution in [2.24, 2.45) is 7.05 Å². The Hall–Kier alpha value is -4.91. The molecular formula is C22H15N5O5. The number of fused-ring (bicyclic) bond motifs is 1. The topological polar surface area (TPSA) is 150 Å². The van der Waals surface area contributed by atoms with Crippen molar-refractivity contribution in [3.63, 3.8) is 0 Å². The molecule has 0 aliphatic heterocycles. The Labute approximate surface area is 180 Å². The summed E-state index contributed by atoms with van der Waals surface area (Å²) in [5.74, 6) is -2.19. The second kappa shape index (κ2) is 8.08. The molecule has 0 bridgehead atoms. The molecule has 4 aromatic rings. The van der Waals surface area contributed by atoms with Gasteiger partial charge in [0.1, 0.15) is 5.69 Å². The van der Waals surface area contributed by atoms with Crippen LogP contribution in [0, 0.1) is 11.3 Å². The van der Waals surface area contributed by atoms with Gasteiger partial charge in [-0.3, -0.25) is 9.59 Å². The number of nitriles is 1. The van der Waals surface area contributed by atoms with Gasteiger partial charge in [-0.25, -0.2) is 4.79 Å². The van der Waals surface area contributed by atoms with E-state index in [0.717, 1.165) is 5.39 Å². The minimum Gasteiger partial charge on any atom is -0.478 e. The molecule has 2 aromatic carbocycles. The molecule has 0 atom stereocenters. The molecule has 2 amide bonds. The molecule has 0 fully saturated rings. The zero-order chi connectivity index (χ0) is 22.8. The van der Waals surface area contributed by atoms with E-state index in [1.807, 2.05) is 6.07 Å². The van der Waals surface area contributed by atoms with Gasteiger partial charge in [0.25, 0.3) is 11.8 Å². The van der Waals surface area contributed by atoms with Crippen LogP contribution in [0.2, 0.25) is 0 Å². The number of hydrogen-bond donors (Lipinski definition) is 3. The number of nitrogens with one attached hydrogen (secondary N) is 2. The van der Waals surface area contributed by atoms with E-state index >= 15 is 0 Å². The van der Waals surface area contributed by atoms with Gasteiger partial charge in [0.05, 0.1) is 34.6 Å². The first-order valence-electron chi connectivity index (χ1n) is 9.27. The number of amides is 2. The fraction of sp³-hybridized carbons (Fsp3) is 0.0455. The lowest BCUT2D eigenvalue weighted by Crippen LogP contribution is -2.17. The normalized spacial score (nSPS) is 10.5. The molecule has 10 heteroatoms. The highest BCUT2D eigenvalue weighted by atomic mass is 16.5. The van der Waals surface area contributed by atoms with E-state index in [1.165, 1.54) is 30.5 Å². The monoisotopic (exact) mass is 429 g/mol. The van der Waals surface area contributed by atoms with Gasteiger partial charge in [0, 0.05) is 24.2 Å². The number of carboxylic acids is 1. The number of carboxylic acid groups (broad SMARTS) is 1. The number of carbonyl (C=O) groups excluding carboxylic acids is 2. The lowest BCUT2D eigenvalue weighted by molar-refractivity contribution is 0.0697. The summed E-state index contributed by atoms with van der Waals surface area (Å²) in [6.07, 6.45) is 1.36. The predicted octanol–water partition coefficient (Wildman–Crippen LogP) is 3.24. The van der Waals surface area contributed by atoms with Crippen LogP contribution in [-0.4, -0.2) is 32.6 Å². The van der Waals surface area contributed by atoms with E-state index in [0.29, 0.717) is 11.2 Å². The summed E-state index contributed by atoms with van der Waals surface area (Å²) in [6.45, 7) is 0. The summed E-state index contributed by atoms with van der Waals surface area (Å²) in [7, 11) is 1.68. The molecule has 10 nitrogen and oxygen atoms in total.